The number of ketones is 1. The molecule has 1 aliphatic rings. The Bertz CT molecular complexity index is 1230. The molecule has 1 N–H and O–H groups in total. The van der Waals surface area contributed by atoms with Crippen LogP contribution in [0.1, 0.15) is 43.6 Å². The van der Waals surface area contributed by atoms with Crippen LogP contribution in [0.2, 0.25) is 5.02 Å². The second kappa shape index (κ2) is 8.85. The number of ether oxygens (including phenoxy) is 1. The zero-order valence-electron chi connectivity index (χ0n) is 17.0. The Morgan fingerprint density at radius 2 is 1.97 bits per heavy atom. The molecule has 0 unspecified atom stereocenters. The van der Waals surface area contributed by atoms with E-state index in [0.29, 0.717) is 21.2 Å². The summed E-state index contributed by atoms with van der Waals surface area (Å²) in [4.78, 5) is 44.9. The number of carbonyl (C=O) groups excluding carboxylic acids is 3. The minimum atomic E-state index is -0.935. The van der Waals surface area contributed by atoms with E-state index in [9.17, 15) is 19.5 Å². The third-order valence-corrected chi connectivity index (χ3v) is 7.09. The highest BCUT2D eigenvalue weighted by molar-refractivity contribution is 7.17. The summed E-state index contributed by atoms with van der Waals surface area (Å²) in [6.45, 7) is 3.53. The minimum Gasteiger partial charge on any atom is -0.503 e. The van der Waals surface area contributed by atoms with Gasteiger partial charge in [-0.3, -0.25) is 14.5 Å². The number of nitrogens with zero attached hydrogens (tertiary/aromatic N) is 2. The van der Waals surface area contributed by atoms with Crippen molar-refractivity contribution in [3.63, 3.8) is 0 Å². The summed E-state index contributed by atoms with van der Waals surface area (Å²) in [5, 5.41) is 13.1. The van der Waals surface area contributed by atoms with Gasteiger partial charge < -0.3 is 9.84 Å². The molecule has 0 spiro atoms. The van der Waals surface area contributed by atoms with Gasteiger partial charge in [0.2, 0.25) is 5.78 Å². The molecule has 0 aliphatic carbocycles. The highest BCUT2D eigenvalue weighted by Crippen LogP contribution is 2.44. The van der Waals surface area contributed by atoms with Gasteiger partial charge in [-0.25, -0.2) is 9.78 Å². The molecule has 2 aromatic heterocycles. The molecule has 10 heteroatoms. The predicted octanol–water partition coefficient (Wildman–Crippen LogP) is 5.13. The number of hydrogen-bond donors (Lipinski definition) is 1. The van der Waals surface area contributed by atoms with Gasteiger partial charge in [0.05, 0.1) is 28.8 Å². The standard InChI is InChI=1S/C22H17ClN2O5S2/c1-3-30-21(29)19-11(2)24-22(32-19)25-16(12-6-8-13(23)9-7-12)15(18(27)20(25)28)17(26)14-5-4-10-31-14/h4-10,16,27H,3H2,1-2H3/t16-/m1/s1. The summed E-state index contributed by atoms with van der Waals surface area (Å²) in [6, 6.07) is 9.05. The number of anilines is 1. The monoisotopic (exact) mass is 488 g/mol. The minimum absolute atomic E-state index is 0.0506. The number of benzene rings is 1. The molecule has 0 radical (unpaired) electrons. The topological polar surface area (TPSA) is 96.8 Å². The van der Waals surface area contributed by atoms with E-state index in [0.717, 1.165) is 11.3 Å². The third kappa shape index (κ3) is 3.83. The van der Waals surface area contributed by atoms with Crippen LogP contribution in [0.3, 0.4) is 0 Å². The quantitative estimate of drug-likeness (QED) is 0.382. The van der Waals surface area contributed by atoms with Crippen molar-refractivity contribution >= 4 is 57.1 Å². The number of thiophene rings is 1. The van der Waals surface area contributed by atoms with Gasteiger partial charge in [-0.05, 0) is 43.0 Å². The number of esters is 1. The van der Waals surface area contributed by atoms with Gasteiger partial charge in [-0.2, -0.15) is 0 Å². The SMILES string of the molecule is CCOC(=O)c1sc(N2C(=O)C(O)=C(C(=O)c3cccs3)[C@H]2c2ccc(Cl)cc2)nc1C. The molecule has 0 fully saturated rings. The number of hydrogen-bond acceptors (Lipinski definition) is 8. The summed E-state index contributed by atoms with van der Waals surface area (Å²) in [6.07, 6.45) is 0. The Kier molecular flexibility index (Phi) is 6.14. The molecule has 1 aliphatic heterocycles. The lowest BCUT2D eigenvalue weighted by Crippen LogP contribution is -2.31. The van der Waals surface area contributed by atoms with Crippen LogP contribution in [-0.2, 0) is 9.53 Å². The highest BCUT2D eigenvalue weighted by atomic mass is 35.5. The molecule has 1 amide bonds. The lowest BCUT2D eigenvalue weighted by atomic mass is 9.95. The molecule has 1 atom stereocenters. The number of Topliss-reactive ketones (excluding diaryl/α,β-unsaturated/α-hetero) is 1. The van der Waals surface area contributed by atoms with Gasteiger partial charge >= 0.3 is 5.97 Å². The lowest BCUT2D eigenvalue weighted by Gasteiger charge is -2.24. The summed E-state index contributed by atoms with van der Waals surface area (Å²) in [7, 11) is 0. The number of aliphatic hydroxyl groups excluding tert-OH is 1. The Labute approximate surface area is 196 Å². The van der Waals surface area contributed by atoms with Crippen LogP contribution in [0.4, 0.5) is 5.13 Å². The van der Waals surface area contributed by atoms with E-state index in [1.54, 1.807) is 55.6 Å². The largest absolute Gasteiger partial charge is 0.503 e. The first-order valence-corrected chi connectivity index (χ1v) is 11.7. The van der Waals surface area contributed by atoms with Crippen LogP contribution in [0, 0.1) is 6.92 Å². The number of halogens is 1. The number of aliphatic hydroxyl groups is 1. The molecule has 4 rings (SSSR count). The van der Waals surface area contributed by atoms with Crippen LogP contribution < -0.4 is 4.90 Å². The molecular formula is C22H17ClN2O5S2. The van der Waals surface area contributed by atoms with Crippen LogP contribution in [0.25, 0.3) is 0 Å². The number of carbonyl (C=O) groups is 3. The van der Waals surface area contributed by atoms with Crippen molar-refractivity contribution in [1.82, 2.24) is 4.98 Å². The Morgan fingerprint density at radius 3 is 2.59 bits per heavy atom. The van der Waals surface area contributed by atoms with Crippen molar-refractivity contribution in [2.75, 3.05) is 11.5 Å². The second-order valence-electron chi connectivity index (χ2n) is 6.83. The molecule has 3 aromatic rings. The number of aromatic nitrogens is 1. The molecule has 0 saturated heterocycles. The number of rotatable bonds is 6. The van der Waals surface area contributed by atoms with Gasteiger partial charge in [-0.1, -0.05) is 41.1 Å². The van der Waals surface area contributed by atoms with Crippen LogP contribution in [0.5, 0.6) is 0 Å². The first-order valence-electron chi connectivity index (χ1n) is 9.58. The van der Waals surface area contributed by atoms with Gasteiger partial charge in [0.25, 0.3) is 5.91 Å². The maximum atomic E-state index is 13.3. The summed E-state index contributed by atoms with van der Waals surface area (Å²) in [5.74, 6) is -2.41. The van der Waals surface area contributed by atoms with E-state index < -0.39 is 29.5 Å². The lowest BCUT2D eigenvalue weighted by molar-refractivity contribution is -0.117. The molecule has 0 bridgehead atoms. The maximum Gasteiger partial charge on any atom is 0.350 e. The van der Waals surface area contributed by atoms with E-state index in [2.05, 4.69) is 4.98 Å². The zero-order valence-corrected chi connectivity index (χ0v) is 19.4. The molecule has 7 nitrogen and oxygen atoms in total. The van der Waals surface area contributed by atoms with Gasteiger partial charge in [0.1, 0.15) is 4.88 Å². The number of aryl methyl sites for hydroxylation is 1. The second-order valence-corrected chi connectivity index (χ2v) is 9.19. The normalized spacial score (nSPS) is 16.0. The van der Waals surface area contributed by atoms with Crippen molar-refractivity contribution in [2.24, 2.45) is 0 Å². The van der Waals surface area contributed by atoms with Crippen LogP contribution >= 0.6 is 34.3 Å². The van der Waals surface area contributed by atoms with Crippen molar-refractivity contribution in [3.05, 3.63) is 79.1 Å². The third-order valence-electron chi connectivity index (χ3n) is 4.84. The average molecular weight is 489 g/mol. The molecule has 164 valence electrons. The number of thiazole rings is 1. The summed E-state index contributed by atoms with van der Waals surface area (Å²) >= 11 is 8.21. The first kappa shape index (κ1) is 22.2. The van der Waals surface area contributed by atoms with Crippen molar-refractivity contribution in [3.8, 4) is 0 Å². The molecule has 0 saturated carbocycles. The van der Waals surface area contributed by atoms with Crippen molar-refractivity contribution in [2.45, 2.75) is 19.9 Å². The Balaban J connectivity index is 1.84. The summed E-state index contributed by atoms with van der Waals surface area (Å²) in [5.41, 5.74) is 0.909. The van der Waals surface area contributed by atoms with Gasteiger partial charge in [0, 0.05) is 5.02 Å². The molecule has 1 aromatic carbocycles. The van der Waals surface area contributed by atoms with E-state index >= 15 is 0 Å². The molecule has 32 heavy (non-hydrogen) atoms. The van der Waals surface area contributed by atoms with Gasteiger partial charge in [-0.15, -0.1) is 11.3 Å². The number of amides is 1. The van der Waals surface area contributed by atoms with Gasteiger partial charge in [0.15, 0.2) is 10.9 Å². The fourth-order valence-electron chi connectivity index (χ4n) is 3.41. The zero-order chi connectivity index (χ0) is 23.0. The highest BCUT2D eigenvalue weighted by Gasteiger charge is 2.46. The van der Waals surface area contributed by atoms with Crippen LogP contribution in [0.15, 0.2) is 53.1 Å². The fraction of sp³-hybridized carbons (Fsp3) is 0.182. The first-order chi connectivity index (χ1) is 15.3. The van der Waals surface area contributed by atoms with Crippen LogP contribution in [-0.4, -0.2) is 34.4 Å². The predicted molar refractivity (Wildman–Crippen MR) is 123 cm³/mol. The smallest absolute Gasteiger partial charge is 0.350 e. The molecular weight excluding hydrogens is 472 g/mol. The maximum absolute atomic E-state index is 13.3. The average Bonchev–Trinajstić information content (AvgIpc) is 3.48. The van der Waals surface area contributed by atoms with Crippen molar-refractivity contribution < 1.29 is 24.2 Å². The van der Waals surface area contributed by atoms with E-state index in [-0.39, 0.29) is 22.2 Å². The molecule has 3 heterocycles. The van der Waals surface area contributed by atoms with E-state index in [1.165, 1.54) is 16.2 Å². The Hall–Kier alpha value is -3.01. The van der Waals surface area contributed by atoms with Crippen molar-refractivity contribution in [1.29, 1.82) is 0 Å². The fourth-order valence-corrected chi connectivity index (χ4v) is 5.20. The van der Waals surface area contributed by atoms with E-state index in [4.69, 9.17) is 16.3 Å². The Morgan fingerprint density at radius 1 is 1.25 bits per heavy atom. The van der Waals surface area contributed by atoms with E-state index in [1.807, 2.05) is 0 Å². The summed E-state index contributed by atoms with van der Waals surface area (Å²) < 4.78 is 5.07.